The SMILES string of the molecule is Cc1cnc(N(C(=O)c2ccc(C3=NOC(C)(C)C3=O)cc2)[C@@H]2CCCN(C(=O)OC(C)(C)C)C2)c(C)c1. The molecule has 0 saturated carbocycles. The molecular weight excluding hydrogens is 484 g/mol. The summed E-state index contributed by atoms with van der Waals surface area (Å²) in [4.78, 5) is 52.7. The summed E-state index contributed by atoms with van der Waals surface area (Å²) in [6, 6.07) is 8.48. The van der Waals surface area contributed by atoms with Gasteiger partial charge in [0.1, 0.15) is 11.4 Å². The Bertz CT molecular complexity index is 1280. The van der Waals surface area contributed by atoms with Gasteiger partial charge in [0.25, 0.3) is 5.91 Å². The van der Waals surface area contributed by atoms with Crippen molar-refractivity contribution in [3.8, 4) is 0 Å². The minimum atomic E-state index is -1.00. The van der Waals surface area contributed by atoms with E-state index in [9.17, 15) is 14.4 Å². The maximum atomic E-state index is 14.0. The van der Waals surface area contributed by atoms with E-state index in [-0.39, 0.29) is 29.5 Å². The minimum absolute atomic E-state index is 0.206. The van der Waals surface area contributed by atoms with Crippen LogP contribution >= 0.6 is 0 Å². The predicted octanol–water partition coefficient (Wildman–Crippen LogP) is 4.83. The van der Waals surface area contributed by atoms with E-state index in [1.807, 2.05) is 40.7 Å². The number of rotatable bonds is 4. The molecule has 38 heavy (non-hydrogen) atoms. The average molecular weight is 521 g/mol. The van der Waals surface area contributed by atoms with Crippen LogP contribution < -0.4 is 4.90 Å². The Morgan fingerprint density at radius 3 is 2.42 bits per heavy atom. The highest BCUT2D eigenvalue weighted by Gasteiger charge is 2.40. The van der Waals surface area contributed by atoms with Crippen LogP contribution in [0.3, 0.4) is 0 Å². The Balaban J connectivity index is 1.64. The van der Waals surface area contributed by atoms with Crippen LogP contribution in [0.5, 0.6) is 0 Å². The second-order valence-corrected chi connectivity index (χ2v) is 11.5. The summed E-state index contributed by atoms with van der Waals surface area (Å²) < 4.78 is 5.60. The topological polar surface area (TPSA) is 101 Å². The molecule has 2 aromatic rings. The third-order valence-electron chi connectivity index (χ3n) is 6.58. The fraction of sp³-hybridized carbons (Fsp3) is 0.483. The van der Waals surface area contributed by atoms with Gasteiger partial charge in [-0.3, -0.25) is 14.5 Å². The molecule has 0 bridgehead atoms. The van der Waals surface area contributed by atoms with Crippen molar-refractivity contribution >= 4 is 29.3 Å². The van der Waals surface area contributed by atoms with Crippen LogP contribution in [0.25, 0.3) is 0 Å². The Kier molecular flexibility index (Phi) is 7.32. The fourth-order valence-corrected chi connectivity index (χ4v) is 4.67. The number of hydrogen-bond acceptors (Lipinski definition) is 7. The number of ketones is 1. The third kappa shape index (κ3) is 5.71. The molecule has 9 heteroatoms. The van der Waals surface area contributed by atoms with Crippen LogP contribution in [-0.4, -0.2) is 63.7 Å². The van der Waals surface area contributed by atoms with Crippen molar-refractivity contribution in [2.75, 3.05) is 18.0 Å². The summed E-state index contributed by atoms with van der Waals surface area (Å²) in [6.45, 7) is 13.6. The van der Waals surface area contributed by atoms with Crippen molar-refractivity contribution in [2.45, 2.75) is 78.6 Å². The summed E-state index contributed by atoms with van der Waals surface area (Å²) in [6.07, 6.45) is 2.80. The fourth-order valence-electron chi connectivity index (χ4n) is 4.67. The largest absolute Gasteiger partial charge is 0.444 e. The van der Waals surface area contributed by atoms with Gasteiger partial charge in [-0.2, -0.15) is 0 Å². The molecule has 1 fully saturated rings. The monoisotopic (exact) mass is 520 g/mol. The first-order chi connectivity index (χ1) is 17.8. The average Bonchev–Trinajstić information content (AvgIpc) is 3.12. The molecule has 4 rings (SSSR count). The number of Topliss-reactive ketones (excluding diaryl/α,β-unsaturated/α-hetero) is 1. The first-order valence-corrected chi connectivity index (χ1v) is 12.9. The second kappa shape index (κ2) is 10.2. The van der Waals surface area contributed by atoms with Crippen molar-refractivity contribution < 1.29 is 24.0 Å². The van der Waals surface area contributed by atoms with Crippen molar-refractivity contribution in [2.24, 2.45) is 5.16 Å². The van der Waals surface area contributed by atoms with Gasteiger partial charge in [-0.25, -0.2) is 9.78 Å². The second-order valence-electron chi connectivity index (χ2n) is 11.5. The Labute approximate surface area is 223 Å². The molecule has 0 spiro atoms. The quantitative estimate of drug-likeness (QED) is 0.573. The molecule has 9 nitrogen and oxygen atoms in total. The number of hydrogen-bond donors (Lipinski definition) is 0. The van der Waals surface area contributed by atoms with Crippen molar-refractivity contribution in [3.63, 3.8) is 0 Å². The number of piperidine rings is 1. The van der Waals surface area contributed by atoms with Gasteiger partial charge in [-0.05, 0) is 84.6 Å². The van der Waals surface area contributed by atoms with E-state index in [0.717, 1.165) is 24.0 Å². The number of anilines is 1. The van der Waals surface area contributed by atoms with E-state index in [2.05, 4.69) is 10.1 Å². The molecule has 2 aliphatic heterocycles. The van der Waals surface area contributed by atoms with E-state index < -0.39 is 11.2 Å². The molecule has 0 aliphatic carbocycles. The lowest BCUT2D eigenvalue weighted by Crippen LogP contribution is -2.53. The van der Waals surface area contributed by atoms with Crippen molar-refractivity contribution in [1.29, 1.82) is 0 Å². The van der Waals surface area contributed by atoms with Gasteiger partial charge in [0, 0.05) is 30.4 Å². The van der Waals surface area contributed by atoms with E-state index in [1.54, 1.807) is 54.1 Å². The zero-order chi connectivity index (χ0) is 27.8. The normalized spacial score (nSPS) is 19.0. The molecular formula is C29H36N4O5. The van der Waals surface area contributed by atoms with Gasteiger partial charge >= 0.3 is 6.09 Å². The maximum Gasteiger partial charge on any atom is 0.410 e. The van der Waals surface area contributed by atoms with Gasteiger partial charge in [0.15, 0.2) is 11.3 Å². The zero-order valence-electron chi connectivity index (χ0n) is 23.2. The molecule has 3 heterocycles. The molecule has 0 radical (unpaired) electrons. The number of aromatic nitrogens is 1. The number of oxime groups is 1. The molecule has 0 N–H and O–H groups in total. The highest BCUT2D eigenvalue weighted by Crippen LogP contribution is 2.28. The van der Waals surface area contributed by atoms with Crippen molar-refractivity contribution in [3.05, 3.63) is 58.8 Å². The van der Waals surface area contributed by atoms with Gasteiger partial charge in [0.2, 0.25) is 5.78 Å². The number of likely N-dealkylation sites (tertiary alicyclic amines) is 1. The van der Waals surface area contributed by atoms with E-state index in [4.69, 9.17) is 9.57 Å². The number of benzene rings is 1. The lowest BCUT2D eigenvalue weighted by molar-refractivity contribution is -0.128. The van der Waals surface area contributed by atoms with Gasteiger partial charge in [0.05, 0.1) is 6.04 Å². The number of carbonyl (C=O) groups is 3. The molecule has 2 aliphatic rings. The molecule has 0 unspecified atom stereocenters. The van der Waals surface area contributed by atoms with Crippen LogP contribution in [0.15, 0.2) is 41.7 Å². The minimum Gasteiger partial charge on any atom is -0.444 e. The number of aryl methyl sites for hydroxylation is 2. The Morgan fingerprint density at radius 1 is 1.16 bits per heavy atom. The highest BCUT2D eigenvalue weighted by atomic mass is 16.7. The molecule has 2 amide bonds. The highest BCUT2D eigenvalue weighted by molar-refractivity contribution is 6.49. The Hall–Kier alpha value is -3.75. The number of nitrogens with zero attached hydrogens (tertiary/aromatic N) is 4. The number of amides is 2. The summed E-state index contributed by atoms with van der Waals surface area (Å²) in [5.41, 5.74) is 1.52. The lowest BCUT2D eigenvalue weighted by Gasteiger charge is -2.39. The molecule has 1 aromatic carbocycles. The first kappa shape index (κ1) is 27.3. The smallest absolute Gasteiger partial charge is 0.410 e. The molecule has 202 valence electrons. The summed E-state index contributed by atoms with van der Waals surface area (Å²) >= 11 is 0. The van der Waals surface area contributed by atoms with Gasteiger partial charge in [-0.15, -0.1) is 0 Å². The van der Waals surface area contributed by atoms with Gasteiger partial charge < -0.3 is 14.5 Å². The van der Waals surface area contributed by atoms with E-state index in [0.29, 0.717) is 30.0 Å². The van der Waals surface area contributed by atoms with Crippen LogP contribution in [0.2, 0.25) is 0 Å². The van der Waals surface area contributed by atoms with E-state index in [1.165, 1.54) is 0 Å². The summed E-state index contributed by atoms with van der Waals surface area (Å²) in [7, 11) is 0. The van der Waals surface area contributed by atoms with Crippen LogP contribution in [0.4, 0.5) is 10.6 Å². The number of carbonyl (C=O) groups excluding carboxylic acids is 3. The zero-order valence-corrected chi connectivity index (χ0v) is 23.2. The lowest BCUT2D eigenvalue weighted by atomic mass is 9.95. The Morgan fingerprint density at radius 2 is 1.84 bits per heavy atom. The first-order valence-electron chi connectivity index (χ1n) is 12.9. The predicted molar refractivity (Wildman–Crippen MR) is 144 cm³/mol. The van der Waals surface area contributed by atoms with Crippen molar-refractivity contribution in [1.82, 2.24) is 9.88 Å². The van der Waals surface area contributed by atoms with Gasteiger partial charge in [-0.1, -0.05) is 23.4 Å². The number of ether oxygens (including phenoxy) is 1. The standard InChI is InChI=1S/C29H36N4O5/c1-18-15-19(2)25(30-16-18)33(22-9-8-14-32(17-22)27(36)37-28(3,4)5)26(35)21-12-10-20(11-13-21)23-24(34)29(6,7)38-31-23/h10-13,15-16,22H,8-9,14,17H2,1-7H3/t22-/m1/s1. The maximum absolute atomic E-state index is 14.0. The van der Waals surface area contributed by atoms with Crippen LogP contribution in [-0.2, 0) is 14.4 Å². The summed E-state index contributed by atoms with van der Waals surface area (Å²) in [5.74, 6) is 0.122. The molecule has 1 atom stereocenters. The molecule has 1 aromatic heterocycles. The summed E-state index contributed by atoms with van der Waals surface area (Å²) in [5, 5.41) is 3.95. The molecule has 1 saturated heterocycles. The van der Waals surface area contributed by atoms with E-state index >= 15 is 0 Å². The van der Waals surface area contributed by atoms with Crippen LogP contribution in [0, 0.1) is 13.8 Å². The number of pyridine rings is 1. The van der Waals surface area contributed by atoms with Crippen LogP contribution in [0.1, 0.15) is 74.5 Å². The third-order valence-corrected chi connectivity index (χ3v) is 6.58.